The van der Waals surface area contributed by atoms with Gasteiger partial charge in [0.2, 0.25) is 5.91 Å². The predicted molar refractivity (Wildman–Crippen MR) is 100 cm³/mol. The molecule has 0 saturated heterocycles. The lowest BCUT2D eigenvalue weighted by atomic mass is 10.00. The van der Waals surface area contributed by atoms with Crippen LogP contribution in [0.4, 0.5) is 5.69 Å². The lowest BCUT2D eigenvalue weighted by molar-refractivity contribution is -0.117. The molecular formula is C21H24N2O. The largest absolute Gasteiger partial charge is 0.325 e. The van der Waals surface area contributed by atoms with E-state index in [2.05, 4.69) is 53.5 Å². The first-order chi connectivity index (χ1) is 11.6. The lowest BCUT2D eigenvalue weighted by Gasteiger charge is -2.26. The minimum Gasteiger partial charge on any atom is -0.325 e. The zero-order chi connectivity index (χ0) is 16.9. The first kappa shape index (κ1) is 16.5. The Morgan fingerprint density at radius 3 is 2.58 bits per heavy atom. The molecule has 1 amide bonds. The molecule has 0 fully saturated rings. The first-order valence-corrected chi connectivity index (χ1v) is 8.46. The van der Waals surface area contributed by atoms with E-state index in [1.807, 2.05) is 25.1 Å². The summed E-state index contributed by atoms with van der Waals surface area (Å²) in [4.78, 5) is 14.5. The number of carbonyl (C=O) groups is 1. The summed E-state index contributed by atoms with van der Waals surface area (Å²) in [6.07, 6.45) is 3.23. The molecule has 0 aliphatic carbocycles. The quantitative estimate of drug-likeness (QED) is 0.922. The van der Waals surface area contributed by atoms with E-state index in [0.717, 1.165) is 30.8 Å². The van der Waals surface area contributed by atoms with Crippen molar-refractivity contribution in [2.45, 2.75) is 20.3 Å². The van der Waals surface area contributed by atoms with Gasteiger partial charge in [0.05, 0.1) is 6.54 Å². The standard InChI is InChI=1S/C21H24N2O/c1-16-8-9-20(17(2)14-16)22-21(24)15-23-12-10-19(11-13-23)18-6-4-3-5-7-18/h3-10,14H,11-13,15H2,1-2H3,(H,22,24). The van der Waals surface area contributed by atoms with Gasteiger partial charge in [-0.15, -0.1) is 0 Å². The second-order valence-corrected chi connectivity index (χ2v) is 6.45. The molecule has 0 bridgehead atoms. The fourth-order valence-corrected chi connectivity index (χ4v) is 3.12. The Balaban J connectivity index is 1.56. The van der Waals surface area contributed by atoms with Gasteiger partial charge in [-0.25, -0.2) is 0 Å². The van der Waals surface area contributed by atoms with E-state index in [1.165, 1.54) is 16.7 Å². The van der Waals surface area contributed by atoms with Crippen LogP contribution in [0.15, 0.2) is 54.6 Å². The van der Waals surface area contributed by atoms with Crippen LogP contribution in [0.2, 0.25) is 0 Å². The number of hydrogen-bond donors (Lipinski definition) is 1. The zero-order valence-corrected chi connectivity index (χ0v) is 14.4. The molecule has 1 heterocycles. The number of anilines is 1. The highest BCUT2D eigenvalue weighted by Crippen LogP contribution is 2.22. The number of nitrogens with one attached hydrogen (secondary N) is 1. The van der Waals surface area contributed by atoms with Crippen molar-refractivity contribution in [1.29, 1.82) is 0 Å². The van der Waals surface area contributed by atoms with Gasteiger partial charge in [-0.3, -0.25) is 9.69 Å². The van der Waals surface area contributed by atoms with E-state index >= 15 is 0 Å². The predicted octanol–water partition coefficient (Wildman–Crippen LogP) is 4.03. The van der Waals surface area contributed by atoms with Crippen LogP contribution in [0.3, 0.4) is 0 Å². The van der Waals surface area contributed by atoms with E-state index in [4.69, 9.17) is 0 Å². The van der Waals surface area contributed by atoms with Crippen molar-refractivity contribution in [3.8, 4) is 0 Å². The third-order valence-corrected chi connectivity index (χ3v) is 4.46. The van der Waals surface area contributed by atoms with Crippen LogP contribution < -0.4 is 5.32 Å². The molecule has 2 aromatic carbocycles. The van der Waals surface area contributed by atoms with Gasteiger partial charge >= 0.3 is 0 Å². The monoisotopic (exact) mass is 320 g/mol. The van der Waals surface area contributed by atoms with Crippen molar-refractivity contribution in [3.63, 3.8) is 0 Å². The number of benzene rings is 2. The number of aryl methyl sites for hydroxylation is 2. The Morgan fingerprint density at radius 2 is 1.92 bits per heavy atom. The minimum absolute atomic E-state index is 0.0542. The molecule has 1 aliphatic heterocycles. The highest BCUT2D eigenvalue weighted by atomic mass is 16.2. The van der Waals surface area contributed by atoms with Gasteiger partial charge in [-0.1, -0.05) is 54.1 Å². The van der Waals surface area contributed by atoms with E-state index < -0.39 is 0 Å². The summed E-state index contributed by atoms with van der Waals surface area (Å²) in [6.45, 7) is 6.26. The summed E-state index contributed by atoms with van der Waals surface area (Å²) in [5, 5.41) is 3.03. The maximum absolute atomic E-state index is 12.3. The molecule has 1 aliphatic rings. The van der Waals surface area contributed by atoms with E-state index in [9.17, 15) is 4.79 Å². The van der Waals surface area contributed by atoms with Gasteiger partial charge in [0.25, 0.3) is 0 Å². The highest BCUT2D eigenvalue weighted by molar-refractivity contribution is 5.93. The summed E-state index contributed by atoms with van der Waals surface area (Å²) in [5.74, 6) is 0.0542. The van der Waals surface area contributed by atoms with Crippen molar-refractivity contribution in [2.75, 3.05) is 25.0 Å². The van der Waals surface area contributed by atoms with Gasteiger partial charge in [-0.05, 0) is 43.0 Å². The average molecular weight is 320 g/mol. The normalized spacial score (nSPS) is 15.0. The molecule has 3 nitrogen and oxygen atoms in total. The molecule has 3 rings (SSSR count). The molecule has 0 saturated carbocycles. The second-order valence-electron chi connectivity index (χ2n) is 6.45. The third-order valence-electron chi connectivity index (χ3n) is 4.46. The van der Waals surface area contributed by atoms with E-state index in [0.29, 0.717) is 6.54 Å². The van der Waals surface area contributed by atoms with Crippen LogP contribution in [0.25, 0.3) is 5.57 Å². The van der Waals surface area contributed by atoms with Crippen molar-refractivity contribution in [1.82, 2.24) is 4.90 Å². The van der Waals surface area contributed by atoms with Gasteiger partial charge in [-0.2, -0.15) is 0 Å². The molecule has 2 aromatic rings. The number of hydrogen-bond acceptors (Lipinski definition) is 2. The Bertz CT molecular complexity index is 750. The van der Waals surface area contributed by atoms with Gasteiger partial charge < -0.3 is 5.32 Å². The molecule has 0 radical (unpaired) electrons. The maximum atomic E-state index is 12.3. The number of rotatable bonds is 4. The SMILES string of the molecule is Cc1ccc(NC(=O)CN2CC=C(c3ccccc3)CC2)c(C)c1. The average Bonchev–Trinajstić information content (AvgIpc) is 2.59. The van der Waals surface area contributed by atoms with Crippen molar-refractivity contribution in [3.05, 3.63) is 71.3 Å². The lowest BCUT2D eigenvalue weighted by Crippen LogP contribution is -2.36. The van der Waals surface area contributed by atoms with Crippen molar-refractivity contribution >= 4 is 17.2 Å². The molecule has 3 heteroatoms. The smallest absolute Gasteiger partial charge is 0.238 e. The summed E-state index contributed by atoms with van der Waals surface area (Å²) in [5.41, 5.74) is 5.88. The summed E-state index contributed by atoms with van der Waals surface area (Å²) in [7, 11) is 0. The summed E-state index contributed by atoms with van der Waals surface area (Å²) < 4.78 is 0. The van der Waals surface area contributed by atoms with E-state index in [1.54, 1.807) is 0 Å². The molecule has 0 unspecified atom stereocenters. The van der Waals surface area contributed by atoms with Crippen LogP contribution in [0.5, 0.6) is 0 Å². The number of carbonyl (C=O) groups excluding carboxylic acids is 1. The van der Waals surface area contributed by atoms with Crippen molar-refractivity contribution in [2.24, 2.45) is 0 Å². The number of amides is 1. The second kappa shape index (κ2) is 7.45. The molecule has 0 atom stereocenters. The maximum Gasteiger partial charge on any atom is 0.238 e. The zero-order valence-electron chi connectivity index (χ0n) is 14.4. The van der Waals surface area contributed by atoms with E-state index in [-0.39, 0.29) is 5.91 Å². The van der Waals surface area contributed by atoms with Crippen LogP contribution >= 0.6 is 0 Å². The Hall–Kier alpha value is -2.39. The van der Waals surface area contributed by atoms with Crippen LogP contribution in [0.1, 0.15) is 23.1 Å². The fraction of sp³-hybridized carbons (Fsp3) is 0.286. The molecule has 124 valence electrons. The molecule has 24 heavy (non-hydrogen) atoms. The molecule has 0 aromatic heterocycles. The summed E-state index contributed by atoms with van der Waals surface area (Å²) >= 11 is 0. The van der Waals surface area contributed by atoms with Gasteiger partial charge in [0, 0.05) is 18.8 Å². The van der Waals surface area contributed by atoms with Crippen LogP contribution in [0, 0.1) is 13.8 Å². The topological polar surface area (TPSA) is 32.3 Å². The Kier molecular flexibility index (Phi) is 5.11. The Morgan fingerprint density at radius 1 is 1.12 bits per heavy atom. The summed E-state index contributed by atoms with van der Waals surface area (Å²) in [6, 6.07) is 16.6. The highest BCUT2D eigenvalue weighted by Gasteiger charge is 2.16. The fourth-order valence-electron chi connectivity index (χ4n) is 3.12. The third kappa shape index (κ3) is 4.12. The minimum atomic E-state index is 0.0542. The van der Waals surface area contributed by atoms with Gasteiger partial charge in [0.1, 0.15) is 0 Å². The van der Waals surface area contributed by atoms with Crippen LogP contribution in [-0.2, 0) is 4.79 Å². The molecule has 0 spiro atoms. The number of nitrogens with zero attached hydrogens (tertiary/aromatic N) is 1. The first-order valence-electron chi connectivity index (χ1n) is 8.46. The van der Waals surface area contributed by atoms with Crippen molar-refractivity contribution < 1.29 is 4.79 Å². The van der Waals surface area contributed by atoms with Crippen LogP contribution in [-0.4, -0.2) is 30.4 Å². The molecular weight excluding hydrogens is 296 g/mol. The molecule has 1 N–H and O–H groups in total. The van der Waals surface area contributed by atoms with Gasteiger partial charge in [0.15, 0.2) is 0 Å². The Labute approximate surface area is 144 Å².